The van der Waals surface area contributed by atoms with Crippen LogP contribution in [0.5, 0.6) is 0 Å². The van der Waals surface area contributed by atoms with Crippen LogP contribution in [0.25, 0.3) is 0 Å². The molecule has 2 atom stereocenters. The summed E-state index contributed by atoms with van der Waals surface area (Å²) < 4.78 is 33.1. The third-order valence-electron chi connectivity index (χ3n) is 4.16. The Morgan fingerprint density at radius 2 is 2.00 bits per heavy atom. The van der Waals surface area contributed by atoms with Crippen molar-refractivity contribution >= 4 is 16.2 Å². The van der Waals surface area contributed by atoms with Crippen LogP contribution in [0.2, 0.25) is 0 Å². The van der Waals surface area contributed by atoms with Crippen molar-refractivity contribution < 1.29 is 23.1 Å². The fourth-order valence-corrected chi connectivity index (χ4v) is 4.98. The van der Waals surface area contributed by atoms with Crippen molar-refractivity contribution in [3.63, 3.8) is 0 Å². The van der Waals surface area contributed by atoms with Gasteiger partial charge in [-0.15, -0.1) is 0 Å². The Bertz CT molecular complexity index is 467. The number of aliphatic hydroxyl groups is 1. The number of hydrogen-bond donors (Lipinski definition) is 1. The maximum atomic E-state index is 12.7. The smallest absolute Gasteiger partial charge is 0.310 e. The van der Waals surface area contributed by atoms with E-state index in [-0.39, 0.29) is 31.1 Å². The van der Waals surface area contributed by atoms with Gasteiger partial charge >= 0.3 is 5.97 Å². The van der Waals surface area contributed by atoms with Crippen LogP contribution in [-0.2, 0) is 19.7 Å². The van der Waals surface area contributed by atoms with E-state index in [2.05, 4.69) is 0 Å². The van der Waals surface area contributed by atoms with Crippen molar-refractivity contribution in [1.29, 1.82) is 0 Å². The van der Waals surface area contributed by atoms with Gasteiger partial charge in [0.05, 0.1) is 19.1 Å². The quantitative estimate of drug-likeness (QED) is 0.719. The highest BCUT2D eigenvalue weighted by Crippen LogP contribution is 2.27. The average molecular weight is 320 g/mol. The number of hydrogen-bond acceptors (Lipinski definition) is 5. The summed E-state index contributed by atoms with van der Waals surface area (Å²) in [5.41, 5.74) is 0. The minimum Gasteiger partial charge on any atom is -0.466 e. The van der Waals surface area contributed by atoms with Crippen molar-refractivity contribution in [1.82, 2.24) is 8.61 Å². The molecule has 0 amide bonds. The molecular formula is C13H24N2O5S. The third kappa shape index (κ3) is 3.56. The van der Waals surface area contributed by atoms with Gasteiger partial charge in [-0.05, 0) is 32.6 Å². The van der Waals surface area contributed by atoms with Gasteiger partial charge in [0.2, 0.25) is 0 Å². The van der Waals surface area contributed by atoms with E-state index < -0.39 is 10.2 Å². The van der Waals surface area contributed by atoms with Gasteiger partial charge in [0.15, 0.2) is 0 Å². The molecule has 0 aromatic heterocycles. The zero-order valence-corrected chi connectivity index (χ0v) is 13.2. The first-order valence-corrected chi connectivity index (χ1v) is 8.94. The molecule has 0 spiro atoms. The van der Waals surface area contributed by atoms with Crippen molar-refractivity contribution in [2.75, 3.05) is 32.8 Å². The van der Waals surface area contributed by atoms with Crippen molar-refractivity contribution in [2.45, 2.75) is 38.6 Å². The molecule has 1 unspecified atom stereocenters. The van der Waals surface area contributed by atoms with E-state index in [1.807, 2.05) is 0 Å². The van der Waals surface area contributed by atoms with Gasteiger partial charge < -0.3 is 9.84 Å². The Morgan fingerprint density at radius 3 is 2.67 bits per heavy atom. The normalized spacial score (nSPS) is 28.7. The molecule has 2 aliphatic rings. The monoisotopic (exact) mass is 320 g/mol. The lowest BCUT2D eigenvalue weighted by Gasteiger charge is -2.35. The van der Waals surface area contributed by atoms with E-state index in [0.29, 0.717) is 39.0 Å². The third-order valence-corrected chi connectivity index (χ3v) is 6.22. The van der Waals surface area contributed by atoms with Crippen molar-refractivity contribution in [3.8, 4) is 0 Å². The Morgan fingerprint density at radius 1 is 1.29 bits per heavy atom. The molecular weight excluding hydrogens is 296 g/mol. The zero-order valence-electron chi connectivity index (χ0n) is 12.4. The molecule has 7 nitrogen and oxygen atoms in total. The molecule has 21 heavy (non-hydrogen) atoms. The molecule has 0 saturated carbocycles. The lowest BCUT2D eigenvalue weighted by atomic mass is 10.0. The first-order chi connectivity index (χ1) is 10.0. The topological polar surface area (TPSA) is 87.2 Å². The lowest BCUT2D eigenvalue weighted by molar-refractivity contribution is -0.149. The highest BCUT2D eigenvalue weighted by atomic mass is 32.2. The van der Waals surface area contributed by atoms with E-state index in [9.17, 15) is 18.3 Å². The maximum Gasteiger partial charge on any atom is 0.310 e. The van der Waals surface area contributed by atoms with Crippen molar-refractivity contribution in [3.05, 3.63) is 0 Å². The van der Waals surface area contributed by atoms with Gasteiger partial charge in [-0.3, -0.25) is 4.79 Å². The first-order valence-electron chi connectivity index (χ1n) is 7.55. The Kier molecular flexibility index (Phi) is 5.59. The molecule has 8 heteroatoms. The number of ether oxygens (including phenoxy) is 1. The number of nitrogens with zero attached hydrogens (tertiary/aromatic N) is 2. The van der Waals surface area contributed by atoms with E-state index in [4.69, 9.17) is 4.74 Å². The molecule has 0 aromatic rings. The zero-order chi connectivity index (χ0) is 15.5. The van der Waals surface area contributed by atoms with E-state index in [1.165, 1.54) is 8.61 Å². The van der Waals surface area contributed by atoms with Gasteiger partial charge in [0.25, 0.3) is 10.2 Å². The summed E-state index contributed by atoms with van der Waals surface area (Å²) in [4.78, 5) is 11.8. The molecule has 122 valence electrons. The summed E-state index contributed by atoms with van der Waals surface area (Å²) >= 11 is 0. The lowest BCUT2D eigenvalue weighted by Crippen LogP contribution is -2.51. The molecule has 2 fully saturated rings. The first kappa shape index (κ1) is 16.7. The molecule has 2 aliphatic heterocycles. The number of carbonyl (C=O) groups excluding carboxylic acids is 1. The van der Waals surface area contributed by atoms with Crippen molar-refractivity contribution in [2.24, 2.45) is 5.92 Å². The summed E-state index contributed by atoms with van der Waals surface area (Å²) in [6.07, 6.45) is 2.76. The molecule has 2 rings (SSSR count). The minimum atomic E-state index is -3.61. The predicted octanol–water partition coefficient (Wildman–Crippen LogP) is -0.0370. The highest BCUT2D eigenvalue weighted by molar-refractivity contribution is 7.86. The van der Waals surface area contributed by atoms with Crippen LogP contribution in [0.15, 0.2) is 0 Å². The summed E-state index contributed by atoms with van der Waals surface area (Å²) in [5.74, 6) is -0.707. The highest BCUT2D eigenvalue weighted by Gasteiger charge is 2.40. The van der Waals surface area contributed by atoms with Crippen LogP contribution in [0.3, 0.4) is 0 Å². The van der Waals surface area contributed by atoms with Crippen LogP contribution >= 0.6 is 0 Å². The van der Waals surface area contributed by atoms with E-state index >= 15 is 0 Å². The largest absolute Gasteiger partial charge is 0.466 e. The summed E-state index contributed by atoms with van der Waals surface area (Å²) in [6.45, 7) is 2.93. The molecule has 0 radical (unpaired) electrons. The molecule has 1 N–H and O–H groups in total. The number of aliphatic hydroxyl groups excluding tert-OH is 1. The Labute approximate surface area is 126 Å². The van der Waals surface area contributed by atoms with Crippen LogP contribution < -0.4 is 0 Å². The second kappa shape index (κ2) is 7.04. The van der Waals surface area contributed by atoms with Gasteiger partial charge in [-0.25, -0.2) is 0 Å². The Balaban J connectivity index is 2.07. The van der Waals surface area contributed by atoms with E-state index in [0.717, 1.165) is 6.42 Å². The molecule has 0 bridgehead atoms. The standard InChI is InChI=1S/C13H24N2O5S/c1-2-20-13(17)11-5-3-7-14(9-11)21(18,19)15-8-4-6-12(15)10-16/h11-12,16H,2-10H2,1H3/t11?,12-/m1/s1. The minimum absolute atomic E-state index is 0.158. The number of piperidine rings is 1. The van der Waals surface area contributed by atoms with E-state index in [1.54, 1.807) is 6.92 Å². The Hall–Kier alpha value is -0.700. The van der Waals surface area contributed by atoms with Crippen LogP contribution in [-0.4, -0.2) is 67.0 Å². The molecule has 2 heterocycles. The van der Waals surface area contributed by atoms with Gasteiger partial charge in [0, 0.05) is 25.7 Å². The average Bonchev–Trinajstić information content (AvgIpc) is 2.97. The number of rotatable bonds is 5. The molecule has 0 aromatic carbocycles. The second-order valence-electron chi connectivity index (χ2n) is 5.55. The predicted molar refractivity (Wildman–Crippen MR) is 76.7 cm³/mol. The van der Waals surface area contributed by atoms with Crippen LogP contribution in [0, 0.1) is 5.92 Å². The van der Waals surface area contributed by atoms with Crippen LogP contribution in [0.4, 0.5) is 0 Å². The number of carbonyl (C=O) groups is 1. The van der Waals surface area contributed by atoms with Gasteiger partial charge in [-0.1, -0.05) is 0 Å². The molecule has 2 saturated heterocycles. The summed E-state index contributed by atoms with van der Waals surface area (Å²) in [5, 5.41) is 9.31. The van der Waals surface area contributed by atoms with Gasteiger partial charge in [0.1, 0.15) is 0 Å². The fraction of sp³-hybridized carbons (Fsp3) is 0.923. The van der Waals surface area contributed by atoms with Gasteiger partial charge in [-0.2, -0.15) is 17.0 Å². The maximum absolute atomic E-state index is 12.7. The summed E-state index contributed by atoms with van der Waals surface area (Å²) in [7, 11) is -3.61. The fourth-order valence-electron chi connectivity index (χ4n) is 3.05. The summed E-state index contributed by atoms with van der Waals surface area (Å²) in [6, 6.07) is -0.335. The second-order valence-corrected chi connectivity index (χ2v) is 7.43. The number of esters is 1. The van der Waals surface area contributed by atoms with Crippen LogP contribution in [0.1, 0.15) is 32.6 Å². The SMILES string of the molecule is CCOC(=O)C1CCCN(S(=O)(=O)N2CCC[C@@H]2CO)C1. The molecule has 0 aliphatic carbocycles.